The lowest BCUT2D eigenvalue weighted by Gasteiger charge is -2.18. The van der Waals surface area contributed by atoms with Crippen molar-refractivity contribution in [2.75, 3.05) is 26.6 Å². The van der Waals surface area contributed by atoms with E-state index in [0.717, 1.165) is 9.47 Å². The van der Waals surface area contributed by atoms with Gasteiger partial charge in [0.05, 0.1) is 31.2 Å². The molecule has 0 saturated heterocycles. The average Bonchev–Trinajstić information content (AvgIpc) is 2.92. The molecule has 0 bridgehead atoms. The Morgan fingerprint density at radius 2 is 1.67 bits per heavy atom. The van der Waals surface area contributed by atoms with Gasteiger partial charge in [-0.1, -0.05) is 0 Å². The molecule has 21 heavy (non-hydrogen) atoms. The van der Waals surface area contributed by atoms with Crippen molar-refractivity contribution in [3.8, 4) is 17.2 Å². The first-order valence-corrected chi connectivity index (χ1v) is 8.01. The molecule has 1 N–H and O–H groups in total. The van der Waals surface area contributed by atoms with E-state index in [4.69, 9.17) is 14.2 Å². The van der Waals surface area contributed by atoms with Crippen molar-refractivity contribution in [2.24, 2.45) is 0 Å². The summed E-state index contributed by atoms with van der Waals surface area (Å²) in [6.45, 7) is 2.11. The Hall–Kier alpha value is -1.40. The van der Waals surface area contributed by atoms with Crippen molar-refractivity contribution >= 4 is 33.0 Å². The summed E-state index contributed by atoms with van der Waals surface area (Å²) < 4.78 is 17.2. The number of rotatable bonds is 6. The molecule has 2 aromatic rings. The van der Waals surface area contributed by atoms with E-state index >= 15 is 0 Å². The van der Waals surface area contributed by atoms with E-state index in [1.54, 1.807) is 32.7 Å². The quantitative estimate of drug-likeness (QED) is 0.797. The minimum atomic E-state index is 0.184. The zero-order valence-corrected chi connectivity index (χ0v) is 14.8. The lowest BCUT2D eigenvalue weighted by atomic mass is 10.2. The Kier molecular flexibility index (Phi) is 5.36. The van der Waals surface area contributed by atoms with Gasteiger partial charge in [0.25, 0.3) is 0 Å². The lowest BCUT2D eigenvalue weighted by Crippen LogP contribution is -2.06. The van der Waals surface area contributed by atoms with Crippen LogP contribution < -0.4 is 19.5 Å². The monoisotopic (exact) mass is 371 g/mol. The summed E-state index contributed by atoms with van der Waals surface area (Å²) in [7, 11) is 4.82. The SMILES string of the molecule is COc1cc(NC(C)c2ccc(Br)s2)cc(OC)c1OC. The van der Waals surface area contributed by atoms with Crippen LogP contribution in [-0.4, -0.2) is 21.3 Å². The molecule has 0 saturated carbocycles. The maximum atomic E-state index is 5.36. The van der Waals surface area contributed by atoms with Crippen molar-refractivity contribution < 1.29 is 14.2 Å². The largest absolute Gasteiger partial charge is 0.493 e. The zero-order valence-electron chi connectivity index (χ0n) is 12.4. The molecule has 0 fully saturated rings. The molecule has 0 spiro atoms. The molecule has 4 nitrogen and oxygen atoms in total. The summed E-state index contributed by atoms with van der Waals surface area (Å²) >= 11 is 5.19. The highest BCUT2D eigenvalue weighted by Gasteiger charge is 2.15. The molecule has 1 aromatic heterocycles. The van der Waals surface area contributed by atoms with Crippen LogP contribution in [0.2, 0.25) is 0 Å². The van der Waals surface area contributed by atoms with E-state index in [-0.39, 0.29) is 6.04 Å². The van der Waals surface area contributed by atoms with Crippen LogP contribution in [0.4, 0.5) is 5.69 Å². The average molecular weight is 372 g/mol. The van der Waals surface area contributed by atoms with Gasteiger partial charge in [-0.15, -0.1) is 11.3 Å². The molecule has 0 radical (unpaired) electrons. The minimum Gasteiger partial charge on any atom is -0.493 e. The van der Waals surface area contributed by atoms with Crippen molar-refractivity contribution in [1.82, 2.24) is 0 Å². The van der Waals surface area contributed by atoms with Crippen LogP contribution in [0.3, 0.4) is 0 Å². The Morgan fingerprint density at radius 1 is 1.05 bits per heavy atom. The van der Waals surface area contributed by atoms with Crippen LogP contribution in [-0.2, 0) is 0 Å². The summed E-state index contributed by atoms with van der Waals surface area (Å²) in [5.74, 6) is 1.87. The smallest absolute Gasteiger partial charge is 0.203 e. The fourth-order valence-corrected chi connectivity index (χ4v) is 3.47. The summed E-state index contributed by atoms with van der Waals surface area (Å²) in [5.41, 5.74) is 0.918. The van der Waals surface area contributed by atoms with Gasteiger partial charge < -0.3 is 19.5 Å². The molecule has 1 aromatic carbocycles. The van der Waals surface area contributed by atoms with Gasteiger partial charge in [-0.3, -0.25) is 0 Å². The first-order valence-electron chi connectivity index (χ1n) is 6.40. The van der Waals surface area contributed by atoms with Gasteiger partial charge in [0, 0.05) is 22.7 Å². The third-order valence-electron chi connectivity index (χ3n) is 3.07. The lowest BCUT2D eigenvalue weighted by molar-refractivity contribution is 0.324. The molecule has 6 heteroatoms. The van der Waals surface area contributed by atoms with Crippen molar-refractivity contribution in [3.63, 3.8) is 0 Å². The number of thiophene rings is 1. The molecular formula is C15H18BrNO3S. The van der Waals surface area contributed by atoms with E-state index in [0.29, 0.717) is 17.2 Å². The minimum absolute atomic E-state index is 0.184. The number of benzene rings is 1. The predicted octanol–water partition coefficient (Wildman–Crippen LogP) is 4.71. The first-order chi connectivity index (χ1) is 10.1. The van der Waals surface area contributed by atoms with Crippen molar-refractivity contribution in [3.05, 3.63) is 32.9 Å². The predicted molar refractivity (Wildman–Crippen MR) is 90.2 cm³/mol. The van der Waals surface area contributed by atoms with Gasteiger partial charge in [0.2, 0.25) is 5.75 Å². The van der Waals surface area contributed by atoms with Gasteiger partial charge in [-0.05, 0) is 35.0 Å². The number of nitrogens with one attached hydrogen (secondary N) is 1. The van der Waals surface area contributed by atoms with E-state index < -0.39 is 0 Å². The molecule has 1 heterocycles. The summed E-state index contributed by atoms with van der Waals surface area (Å²) in [6, 6.07) is 8.14. The Morgan fingerprint density at radius 3 is 2.10 bits per heavy atom. The molecule has 0 aliphatic rings. The van der Waals surface area contributed by atoms with Gasteiger partial charge >= 0.3 is 0 Å². The van der Waals surface area contributed by atoms with Gasteiger partial charge in [-0.2, -0.15) is 0 Å². The standard InChI is InChI=1S/C15H18BrNO3S/c1-9(13-5-6-14(16)21-13)17-10-7-11(18-2)15(20-4)12(8-10)19-3/h5-9,17H,1-4H3. The number of hydrogen-bond donors (Lipinski definition) is 1. The second-order valence-corrected chi connectivity index (χ2v) is 6.92. The van der Waals surface area contributed by atoms with E-state index in [1.807, 2.05) is 18.2 Å². The summed E-state index contributed by atoms with van der Waals surface area (Å²) in [6.07, 6.45) is 0. The summed E-state index contributed by atoms with van der Waals surface area (Å²) in [4.78, 5) is 1.25. The fraction of sp³-hybridized carbons (Fsp3) is 0.333. The summed E-state index contributed by atoms with van der Waals surface area (Å²) in [5, 5.41) is 3.45. The highest BCUT2D eigenvalue weighted by molar-refractivity contribution is 9.11. The molecule has 2 rings (SSSR count). The van der Waals surface area contributed by atoms with Crippen LogP contribution in [0.1, 0.15) is 17.8 Å². The van der Waals surface area contributed by atoms with Gasteiger partial charge in [-0.25, -0.2) is 0 Å². The molecule has 0 amide bonds. The molecule has 114 valence electrons. The third-order valence-corrected chi connectivity index (χ3v) is 4.88. The van der Waals surface area contributed by atoms with Crippen molar-refractivity contribution in [2.45, 2.75) is 13.0 Å². The number of ether oxygens (including phenoxy) is 3. The van der Waals surface area contributed by atoms with E-state index in [1.165, 1.54) is 4.88 Å². The molecule has 0 aliphatic heterocycles. The van der Waals surface area contributed by atoms with E-state index in [9.17, 15) is 0 Å². The van der Waals surface area contributed by atoms with Crippen LogP contribution in [0, 0.1) is 0 Å². The Bertz CT molecular complexity index is 590. The zero-order chi connectivity index (χ0) is 15.4. The van der Waals surface area contributed by atoms with Crippen LogP contribution >= 0.6 is 27.3 Å². The maximum absolute atomic E-state index is 5.36. The first kappa shape index (κ1) is 16.0. The van der Waals surface area contributed by atoms with Gasteiger partial charge in [0.1, 0.15) is 0 Å². The second kappa shape index (κ2) is 7.04. The normalized spacial score (nSPS) is 11.9. The molecule has 1 unspecified atom stereocenters. The number of hydrogen-bond acceptors (Lipinski definition) is 5. The van der Waals surface area contributed by atoms with Crippen LogP contribution in [0.15, 0.2) is 28.1 Å². The van der Waals surface area contributed by atoms with Crippen LogP contribution in [0.25, 0.3) is 0 Å². The Balaban J connectivity index is 2.27. The van der Waals surface area contributed by atoms with Crippen molar-refractivity contribution in [1.29, 1.82) is 0 Å². The highest BCUT2D eigenvalue weighted by atomic mass is 79.9. The maximum Gasteiger partial charge on any atom is 0.203 e. The van der Waals surface area contributed by atoms with Crippen LogP contribution in [0.5, 0.6) is 17.2 Å². The topological polar surface area (TPSA) is 39.7 Å². The van der Waals surface area contributed by atoms with E-state index in [2.05, 4.69) is 34.2 Å². The van der Waals surface area contributed by atoms with Gasteiger partial charge in [0.15, 0.2) is 11.5 Å². The molecular weight excluding hydrogens is 354 g/mol. The third kappa shape index (κ3) is 3.63. The number of methoxy groups -OCH3 is 3. The fourth-order valence-electron chi connectivity index (χ4n) is 2.05. The number of halogens is 1. The Labute approximate surface area is 137 Å². The molecule has 0 aliphatic carbocycles. The highest BCUT2D eigenvalue weighted by Crippen LogP contribution is 2.41. The second-order valence-electron chi connectivity index (χ2n) is 4.42. The molecule has 1 atom stereocenters. The number of anilines is 1.